The van der Waals surface area contributed by atoms with Crippen LogP contribution >= 0.6 is 0 Å². The number of aryl methyl sites for hydroxylation is 1. The van der Waals surface area contributed by atoms with Crippen molar-refractivity contribution >= 4 is 11.0 Å². The highest BCUT2D eigenvalue weighted by atomic mass is 16.7. The second kappa shape index (κ2) is 6.84. The molecule has 0 unspecified atom stereocenters. The number of hydrogen-bond acceptors (Lipinski definition) is 3. The standard InChI is InChI=1S/C24H30N2O2/c1-23(2,3)11-10-22-25-18-8-6-16(12-19(18)26-22)14-24(4,5)17-7-9-20-21(13-17)28-15-27-20/h6-9,12-13H,10-11,14-15H2,1-5H3,(H,25,26). The molecule has 0 bridgehead atoms. The van der Waals surface area contributed by atoms with Crippen LogP contribution < -0.4 is 9.47 Å². The Hall–Kier alpha value is -2.49. The Labute approximate surface area is 167 Å². The fraction of sp³-hybridized carbons (Fsp3) is 0.458. The van der Waals surface area contributed by atoms with E-state index in [-0.39, 0.29) is 5.41 Å². The molecule has 1 aliphatic heterocycles. The van der Waals surface area contributed by atoms with Crippen LogP contribution in [-0.4, -0.2) is 16.8 Å². The lowest BCUT2D eigenvalue weighted by Gasteiger charge is -2.25. The van der Waals surface area contributed by atoms with Gasteiger partial charge in [0, 0.05) is 6.42 Å². The lowest BCUT2D eigenvalue weighted by Crippen LogP contribution is -2.20. The summed E-state index contributed by atoms with van der Waals surface area (Å²) in [7, 11) is 0. The minimum Gasteiger partial charge on any atom is -0.454 e. The number of H-pyrrole nitrogens is 1. The molecule has 2 heterocycles. The molecule has 0 fully saturated rings. The first-order chi connectivity index (χ1) is 13.2. The predicted octanol–water partition coefficient (Wildman–Crippen LogP) is 5.79. The van der Waals surface area contributed by atoms with Crippen molar-refractivity contribution in [2.45, 2.75) is 59.3 Å². The number of nitrogens with zero attached hydrogens (tertiary/aromatic N) is 1. The number of rotatable bonds is 5. The van der Waals surface area contributed by atoms with E-state index in [1.165, 1.54) is 11.1 Å². The van der Waals surface area contributed by atoms with Gasteiger partial charge in [-0.05, 0) is 59.1 Å². The van der Waals surface area contributed by atoms with Crippen molar-refractivity contribution in [1.29, 1.82) is 0 Å². The molecule has 0 saturated heterocycles. The van der Waals surface area contributed by atoms with E-state index in [1.807, 2.05) is 6.07 Å². The smallest absolute Gasteiger partial charge is 0.231 e. The predicted molar refractivity (Wildman–Crippen MR) is 113 cm³/mol. The van der Waals surface area contributed by atoms with Gasteiger partial charge >= 0.3 is 0 Å². The minimum absolute atomic E-state index is 0.0102. The van der Waals surface area contributed by atoms with Gasteiger partial charge in [0.1, 0.15) is 5.82 Å². The molecule has 0 amide bonds. The van der Waals surface area contributed by atoms with Gasteiger partial charge in [-0.1, -0.05) is 46.8 Å². The quantitative estimate of drug-likeness (QED) is 0.611. The zero-order valence-electron chi connectivity index (χ0n) is 17.6. The van der Waals surface area contributed by atoms with Crippen LogP contribution in [0.3, 0.4) is 0 Å². The Bertz CT molecular complexity index is 995. The Balaban J connectivity index is 1.53. The molecule has 0 atom stereocenters. The van der Waals surface area contributed by atoms with Crippen molar-refractivity contribution in [3.8, 4) is 11.5 Å². The van der Waals surface area contributed by atoms with Crippen LogP contribution in [0.2, 0.25) is 0 Å². The average Bonchev–Trinajstić information content (AvgIpc) is 3.24. The molecule has 3 aromatic rings. The molecule has 4 nitrogen and oxygen atoms in total. The molecule has 0 spiro atoms. The van der Waals surface area contributed by atoms with Crippen LogP contribution in [0.25, 0.3) is 11.0 Å². The monoisotopic (exact) mass is 378 g/mol. The number of aromatic nitrogens is 2. The van der Waals surface area contributed by atoms with Gasteiger partial charge < -0.3 is 14.5 Å². The number of ether oxygens (including phenoxy) is 2. The van der Waals surface area contributed by atoms with Crippen LogP contribution in [0.4, 0.5) is 0 Å². The van der Waals surface area contributed by atoms with Crippen LogP contribution in [0.5, 0.6) is 11.5 Å². The molecule has 0 radical (unpaired) electrons. The van der Waals surface area contributed by atoms with Crippen LogP contribution in [0.1, 0.15) is 58.0 Å². The molecule has 28 heavy (non-hydrogen) atoms. The Morgan fingerprint density at radius 3 is 2.54 bits per heavy atom. The van der Waals surface area contributed by atoms with Gasteiger partial charge in [0.2, 0.25) is 6.79 Å². The van der Waals surface area contributed by atoms with E-state index >= 15 is 0 Å². The molecule has 2 aromatic carbocycles. The van der Waals surface area contributed by atoms with Crippen molar-refractivity contribution in [2.75, 3.05) is 6.79 Å². The third-order valence-electron chi connectivity index (χ3n) is 5.51. The highest BCUT2D eigenvalue weighted by Crippen LogP contribution is 2.37. The molecular formula is C24H30N2O2. The number of hydrogen-bond donors (Lipinski definition) is 1. The molecular weight excluding hydrogens is 348 g/mol. The van der Waals surface area contributed by atoms with E-state index in [0.29, 0.717) is 12.2 Å². The molecule has 4 rings (SSSR count). The zero-order chi connectivity index (χ0) is 19.9. The van der Waals surface area contributed by atoms with E-state index in [1.54, 1.807) is 0 Å². The summed E-state index contributed by atoms with van der Waals surface area (Å²) in [5, 5.41) is 0. The lowest BCUT2D eigenvalue weighted by molar-refractivity contribution is 0.174. The van der Waals surface area contributed by atoms with Gasteiger partial charge in [-0.2, -0.15) is 0 Å². The van der Waals surface area contributed by atoms with Crippen LogP contribution in [0, 0.1) is 5.41 Å². The Kier molecular flexibility index (Phi) is 4.60. The molecule has 1 aromatic heterocycles. The minimum atomic E-state index is -0.0102. The fourth-order valence-corrected chi connectivity index (χ4v) is 3.76. The molecule has 148 valence electrons. The number of nitrogens with one attached hydrogen (secondary N) is 1. The van der Waals surface area contributed by atoms with E-state index in [0.717, 1.165) is 47.6 Å². The van der Waals surface area contributed by atoms with Crippen molar-refractivity contribution in [1.82, 2.24) is 9.97 Å². The van der Waals surface area contributed by atoms with Crippen molar-refractivity contribution < 1.29 is 9.47 Å². The summed E-state index contributed by atoms with van der Waals surface area (Å²) < 4.78 is 11.0. The number of aromatic amines is 1. The summed E-state index contributed by atoms with van der Waals surface area (Å²) in [6.07, 6.45) is 3.05. The summed E-state index contributed by atoms with van der Waals surface area (Å²) in [5.41, 5.74) is 5.05. The Morgan fingerprint density at radius 2 is 1.75 bits per heavy atom. The number of benzene rings is 2. The van der Waals surface area contributed by atoms with Gasteiger partial charge in [0.05, 0.1) is 11.0 Å². The third-order valence-corrected chi connectivity index (χ3v) is 5.51. The van der Waals surface area contributed by atoms with Crippen LogP contribution in [0.15, 0.2) is 36.4 Å². The van der Waals surface area contributed by atoms with Gasteiger partial charge in [0.25, 0.3) is 0 Å². The number of imidazole rings is 1. The summed E-state index contributed by atoms with van der Waals surface area (Å²) in [4.78, 5) is 8.29. The maximum absolute atomic E-state index is 5.56. The maximum atomic E-state index is 5.56. The molecule has 1 N–H and O–H groups in total. The van der Waals surface area contributed by atoms with Gasteiger partial charge in [0.15, 0.2) is 11.5 Å². The second-order valence-corrected chi connectivity index (χ2v) is 9.72. The first kappa shape index (κ1) is 18.9. The van der Waals surface area contributed by atoms with Crippen molar-refractivity contribution in [3.05, 3.63) is 53.3 Å². The van der Waals surface area contributed by atoms with E-state index in [4.69, 9.17) is 14.5 Å². The molecule has 0 aliphatic carbocycles. The zero-order valence-corrected chi connectivity index (χ0v) is 17.6. The third kappa shape index (κ3) is 4.01. The topological polar surface area (TPSA) is 47.1 Å². The normalized spacial score (nSPS) is 14.0. The maximum Gasteiger partial charge on any atom is 0.231 e. The summed E-state index contributed by atoms with van der Waals surface area (Å²) in [6.45, 7) is 11.7. The second-order valence-electron chi connectivity index (χ2n) is 9.72. The van der Waals surface area contributed by atoms with E-state index in [2.05, 4.69) is 69.9 Å². The summed E-state index contributed by atoms with van der Waals surface area (Å²) in [6, 6.07) is 12.9. The fourth-order valence-electron chi connectivity index (χ4n) is 3.76. The molecule has 0 saturated carbocycles. The number of fused-ring (bicyclic) bond motifs is 2. The van der Waals surface area contributed by atoms with Crippen molar-refractivity contribution in [2.24, 2.45) is 5.41 Å². The first-order valence-electron chi connectivity index (χ1n) is 10.1. The average molecular weight is 379 g/mol. The van der Waals surface area contributed by atoms with Gasteiger partial charge in [-0.25, -0.2) is 4.98 Å². The highest BCUT2D eigenvalue weighted by Gasteiger charge is 2.24. The van der Waals surface area contributed by atoms with E-state index in [9.17, 15) is 0 Å². The SMILES string of the molecule is CC(C)(C)CCc1nc2ccc(CC(C)(C)c3ccc4c(c3)OCO4)cc2[nH]1. The first-order valence-corrected chi connectivity index (χ1v) is 10.1. The Morgan fingerprint density at radius 1 is 0.964 bits per heavy atom. The lowest BCUT2D eigenvalue weighted by atomic mass is 9.79. The van der Waals surface area contributed by atoms with Gasteiger partial charge in [-0.3, -0.25) is 0 Å². The highest BCUT2D eigenvalue weighted by molar-refractivity contribution is 5.76. The summed E-state index contributed by atoms with van der Waals surface area (Å²) >= 11 is 0. The largest absolute Gasteiger partial charge is 0.454 e. The van der Waals surface area contributed by atoms with Crippen molar-refractivity contribution in [3.63, 3.8) is 0 Å². The van der Waals surface area contributed by atoms with Gasteiger partial charge in [-0.15, -0.1) is 0 Å². The van der Waals surface area contributed by atoms with E-state index < -0.39 is 0 Å². The molecule has 1 aliphatic rings. The molecule has 4 heteroatoms. The summed E-state index contributed by atoms with van der Waals surface area (Å²) in [5.74, 6) is 2.76. The van der Waals surface area contributed by atoms with Crippen LogP contribution in [-0.2, 0) is 18.3 Å².